The first-order valence-corrected chi connectivity index (χ1v) is 5.80. The molecule has 0 aromatic rings. The Morgan fingerprint density at radius 3 is 2.62 bits per heavy atom. The number of hydrogen-bond acceptors (Lipinski definition) is 3. The van der Waals surface area contributed by atoms with Crippen LogP contribution in [-0.2, 0) is 9.47 Å². The summed E-state index contributed by atoms with van der Waals surface area (Å²) >= 11 is 2.38. The number of halogens is 1. The lowest BCUT2D eigenvalue weighted by atomic mass is 10.1. The fourth-order valence-electron chi connectivity index (χ4n) is 1.44. The lowest BCUT2D eigenvalue weighted by Gasteiger charge is -2.27. The second-order valence-corrected chi connectivity index (χ2v) is 4.69. The molecule has 0 aromatic carbocycles. The minimum absolute atomic E-state index is 0.489. The number of hydrogen-bond donors (Lipinski definition) is 0. The van der Waals surface area contributed by atoms with E-state index in [-0.39, 0.29) is 0 Å². The van der Waals surface area contributed by atoms with Crippen LogP contribution in [0.2, 0.25) is 0 Å². The van der Waals surface area contributed by atoms with E-state index in [9.17, 15) is 0 Å². The van der Waals surface area contributed by atoms with Crippen LogP contribution in [0.3, 0.4) is 0 Å². The highest BCUT2D eigenvalue weighted by Crippen LogP contribution is 2.16. The van der Waals surface area contributed by atoms with Gasteiger partial charge in [-0.05, 0) is 19.3 Å². The van der Waals surface area contributed by atoms with Crippen molar-refractivity contribution in [2.45, 2.75) is 25.4 Å². The van der Waals surface area contributed by atoms with Gasteiger partial charge in [0.2, 0.25) is 0 Å². The monoisotopic (exact) mass is 299 g/mol. The summed E-state index contributed by atoms with van der Waals surface area (Å²) in [6.45, 7) is 3.98. The summed E-state index contributed by atoms with van der Waals surface area (Å²) in [5.41, 5.74) is 0. The van der Waals surface area contributed by atoms with Crippen molar-refractivity contribution in [2.24, 2.45) is 0 Å². The van der Waals surface area contributed by atoms with E-state index in [1.165, 1.54) is 12.8 Å². The average Bonchev–Trinajstić information content (AvgIpc) is 2.15. The third-order valence-electron chi connectivity index (χ3n) is 2.23. The van der Waals surface area contributed by atoms with Gasteiger partial charge in [0.15, 0.2) is 0 Å². The zero-order valence-corrected chi connectivity index (χ0v) is 10.3. The second-order valence-electron chi connectivity index (χ2n) is 3.33. The maximum Gasteiger partial charge on any atom is 0.0600 e. The standard InChI is InChI=1S/C9H18INO2/c1-12-7-2-8-13-9-3-5-11(10)6-4-9/h9H,2-8H2,1H3. The second kappa shape index (κ2) is 6.98. The molecule has 3 nitrogen and oxygen atoms in total. The summed E-state index contributed by atoms with van der Waals surface area (Å²) < 4.78 is 13.0. The van der Waals surface area contributed by atoms with Gasteiger partial charge in [0, 0.05) is 56.3 Å². The van der Waals surface area contributed by atoms with E-state index in [0.717, 1.165) is 32.7 Å². The molecule has 0 bridgehead atoms. The number of nitrogens with zero attached hydrogens (tertiary/aromatic N) is 1. The predicted molar refractivity (Wildman–Crippen MR) is 61.1 cm³/mol. The molecule has 1 heterocycles. The molecule has 0 unspecified atom stereocenters. The van der Waals surface area contributed by atoms with E-state index in [4.69, 9.17) is 9.47 Å². The average molecular weight is 299 g/mol. The first-order valence-electron chi connectivity index (χ1n) is 4.84. The zero-order valence-electron chi connectivity index (χ0n) is 8.17. The van der Waals surface area contributed by atoms with Crippen molar-refractivity contribution in [1.82, 2.24) is 3.11 Å². The van der Waals surface area contributed by atoms with E-state index in [2.05, 4.69) is 26.0 Å². The molecule has 1 aliphatic rings. The molecule has 78 valence electrons. The minimum atomic E-state index is 0.489. The Kier molecular flexibility index (Phi) is 6.27. The van der Waals surface area contributed by atoms with Crippen molar-refractivity contribution < 1.29 is 9.47 Å². The van der Waals surface area contributed by atoms with Gasteiger partial charge in [0.1, 0.15) is 0 Å². The van der Waals surface area contributed by atoms with Crippen LogP contribution in [0.4, 0.5) is 0 Å². The number of ether oxygens (including phenoxy) is 2. The highest BCUT2D eigenvalue weighted by atomic mass is 127. The summed E-state index contributed by atoms with van der Waals surface area (Å²) in [5.74, 6) is 0. The van der Waals surface area contributed by atoms with Crippen molar-refractivity contribution in [3.05, 3.63) is 0 Å². The molecule has 0 radical (unpaired) electrons. The summed E-state index contributed by atoms with van der Waals surface area (Å²) in [6.07, 6.45) is 3.86. The molecule has 0 N–H and O–H groups in total. The number of piperidine rings is 1. The molecule has 1 saturated heterocycles. The van der Waals surface area contributed by atoms with Crippen LogP contribution in [0.25, 0.3) is 0 Å². The predicted octanol–water partition coefficient (Wildman–Crippen LogP) is 1.85. The Labute approximate surface area is 94.3 Å². The van der Waals surface area contributed by atoms with Crippen molar-refractivity contribution in [3.8, 4) is 0 Å². The quantitative estimate of drug-likeness (QED) is 0.439. The van der Waals surface area contributed by atoms with Crippen LogP contribution in [0, 0.1) is 0 Å². The maximum absolute atomic E-state index is 5.72. The van der Waals surface area contributed by atoms with Crippen molar-refractivity contribution in [2.75, 3.05) is 33.4 Å². The molecule has 0 atom stereocenters. The van der Waals surface area contributed by atoms with Crippen LogP contribution in [0.15, 0.2) is 0 Å². The molecule has 0 spiro atoms. The minimum Gasteiger partial charge on any atom is -0.385 e. The van der Waals surface area contributed by atoms with Crippen molar-refractivity contribution >= 4 is 22.9 Å². The summed E-state index contributed by atoms with van der Waals surface area (Å²) in [4.78, 5) is 0. The van der Waals surface area contributed by atoms with Gasteiger partial charge < -0.3 is 9.47 Å². The molecule has 0 aliphatic carbocycles. The largest absolute Gasteiger partial charge is 0.385 e. The Balaban J connectivity index is 1.96. The van der Waals surface area contributed by atoms with Crippen LogP contribution in [0.1, 0.15) is 19.3 Å². The molecule has 13 heavy (non-hydrogen) atoms. The van der Waals surface area contributed by atoms with Gasteiger partial charge in [-0.2, -0.15) is 0 Å². The topological polar surface area (TPSA) is 21.7 Å². The van der Waals surface area contributed by atoms with E-state index in [0.29, 0.717) is 6.10 Å². The smallest absolute Gasteiger partial charge is 0.0600 e. The summed E-state index contributed by atoms with van der Waals surface area (Å²) in [7, 11) is 1.73. The van der Waals surface area contributed by atoms with Crippen LogP contribution in [-0.4, -0.2) is 42.6 Å². The maximum atomic E-state index is 5.72. The first kappa shape index (κ1) is 11.7. The normalized spacial score (nSPS) is 20.8. The van der Waals surface area contributed by atoms with Gasteiger partial charge >= 0.3 is 0 Å². The molecule has 0 saturated carbocycles. The van der Waals surface area contributed by atoms with E-state index < -0.39 is 0 Å². The van der Waals surface area contributed by atoms with Crippen LogP contribution < -0.4 is 0 Å². The van der Waals surface area contributed by atoms with E-state index in [1.807, 2.05) is 0 Å². The Bertz CT molecular complexity index is 127. The first-order chi connectivity index (χ1) is 6.33. The van der Waals surface area contributed by atoms with Gasteiger partial charge in [-0.1, -0.05) is 0 Å². The van der Waals surface area contributed by atoms with E-state index in [1.54, 1.807) is 7.11 Å². The van der Waals surface area contributed by atoms with E-state index >= 15 is 0 Å². The van der Waals surface area contributed by atoms with Crippen LogP contribution >= 0.6 is 22.9 Å². The fraction of sp³-hybridized carbons (Fsp3) is 1.00. The third kappa shape index (κ3) is 5.15. The van der Waals surface area contributed by atoms with Crippen molar-refractivity contribution in [3.63, 3.8) is 0 Å². The Morgan fingerprint density at radius 2 is 2.00 bits per heavy atom. The summed E-state index contributed by atoms with van der Waals surface area (Å²) in [5, 5.41) is 0. The number of rotatable bonds is 5. The molecule has 0 amide bonds. The zero-order chi connectivity index (χ0) is 9.52. The Hall–Kier alpha value is 0.610. The molecule has 1 rings (SSSR count). The molecule has 0 aromatic heterocycles. The Morgan fingerprint density at radius 1 is 1.31 bits per heavy atom. The SMILES string of the molecule is COCCCOC1CCN(I)CC1. The molecule has 4 heteroatoms. The van der Waals surface area contributed by atoms with Gasteiger partial charge in [0.05, 0.1) is 6.10 Å². The lowest BCUT2D eigenvalue weighted by Crippen LogP contribution is -2.31. The highest BCUT2D eigenvalue weighted by Gasteiger charge is 2.17. The van der Waals surface area contributed by atoms with Crippen LogP contribution in [0.5, 0.6) is 0 Å². The van der Waals surface area contributed by atoms with Gasteiger partial charge in [-0.3, -0.25) is 0 Å². The molecular formula is C9H18INO2. The molecule has 1 aliphatic heterocycles. The van der Waals surface area contributed by atoms with Gasteiger partial charge in [-0.25, -0.2) is 3.11 Å². The lowest BCUT2D eigenvalue weighted by molar-refractivity contribution is 0.0151. The van der Waals surface area contributed by atoms with Gasteiger partial charge in [0.25, 0.3) is 0 Å². The fourth-order valence-corrected chi connectivity index (χ4v) is 2.00. The van der Waals surface area contributed by atoms with Crippen molar-refractivity contribution in [1.29, 1.82) is 0 Å². The summed E-state index contributed by atoms with van der Waals surface area (Å²) in [6, 6.07) is 0. The molecule has 1 fully saturated rings. The highest BCUT2D eigenvalue weighted by molar-refractivity contribution is 14.1. The third-order valence-corrected chi connectivity index (χ3v) is 3.20. The van der Waals surface area contributed by atoms with Gasteiger partial charge in [-0.15, -0.1) is 0 Å². The molecular weight excluding hydrogens is 281 g/mol. The number of methoxy groups -OCH3 is 1.